The van der Waals surface area contributed by atoms with Gasteiger partial charge in [0.2, 0.25) is 29.3 Å². The molecule has 1 atom stereocenters. The molecule has 22 nitrogen and oxygen atoms in total. The number of primary amides is 1. The number of alkyl halides is 7. The molecule has 8 aromatic rings. The Morgan fingerprint density at radius 3 is 1.36 bits per heavy atom. The van der Waals surface area contributed by atoms with E-state index in [9.17, 15) is 49.9 Å². The van der Waals surface area contributed by atoms with Crippen LogP contribution >= 0.6 is 0 Å². The lowest BCUT2D eigenvalue weighted by Crippen LogP contribution is -2.40. The van der Waals surface area contributed by atoms with E-state index in [1.165, 1.54) is 55.5 Å². The summed E-state index contributed by atoms with van der Waals surface area (Å²) < 4.78 is 145. The van der Waals surface area contributed by atoms with Gasteiger partial charge in [-0.3, -0.25) is 24.7 Å². The topological polar surface area (TPSA) is 276 Å². The van der Waals surface area contributed by atoms with Gasteiger partial charge in [0.25, 0.3) is 17.8 Å². The van der Waals surface area contributed by atoms with Crippen LogP contribution in [0.3, 0.4) is 0 Å². The van der Waals surface area contributed by atoms with E-state index in [4.69, 9.17) is 10.5 Å². The van der Waals surface area contributed by atoms with Crippen molar-refractivity contribution in [2.75, 3.05) is 57.5 Å². The van der Waals surface area contributed by atoms with Gasteiger partial charge in [0.15, 0.2) is 34.9 Å². The van der Waals surface area contributed by atoms with Crippen molar-refractivity contribution >= 4 is 58.7 Å². The summed E-state index contributed by atoms with van der Waals surface area (Å²) in [5.74, 6) is -8.09. The van der Waals surface area contributed by atoms with Crippen LogP contribution in [0.1, 0.15) is 134 Å². The summed E-state index contributed by atoms with van der Waals surface area (Å²) in [6.45, 7) is 6.11. The first kappa shape index (κ1) is 77.3. The minimum Gasteiger partial charge on any atom is -0.381 e. The van der Waals surface area contributed by atoms with Crippen LogP contribution in [0.15, 0.2) is 134 Å². The maximum Gasteiger partial charge on any atom is 0.416 e. The number of nitrogens with zero attached hydrogens (tertiary/aromatic N) is 10. The number of pyridine rings is 1. The molecule has 0 bridgehead atoms. The number of imide groups is 1. The summed E-state index contributed by atoms with van der Waals surface area (Å²) >= 11 is 0. The van der Waals surface area contributed by atoms with Crippen molar-refractivity contribution in [1.29, 1.82) is 0 Å². The number of halogens is 10. The van der Waals surface area contributed by atoms with Gasteiger partial charge in [-0.05, 0) is 115 Å². The van der Waals surface area contributed by atoms with Crippen LogP contribution in [0, 0.1) is 22.9 Å². The second-order valence-corrected chi connectivity index (χ2v) is 27.6. The highest BCUT2D eigenvalue weighted by molar-refractivity contribution is 6.07. The zero-order valence-corrected chi connectivity index (χ0v) is 59.0. The predicted octanol–water partition coefficient (Wildman–Crippen LogP) is 12.6. The number of anilines is 6. The standard InChI is InChI=1S/C27H27F3N6O2.C24H29F4N5O2.C24H25F3N6O/c1-26(24(37)34-25(38)35-26)18-7-3-16(4-8-18)13-31-22-21(28)23(33-15-32-22)36(20-11-12-20)14-17-5-9-19(10-6-17)27(2,29)30;1-29-19(34)12-23(8-10-35-11-9-23)14-30-21-20(25)22(32-15-31-21)33(18-6-7-18)13-16-2-4-17(5-3-16)24(26,27)28;1-24(26,27)19-9-6-17(12-29-19)13-33(18-7-8-18)23-21(25)22(31-14-32-23)30-11-16-4-2-15(3-5-16)10-20(28)34/h3-10,15,20H,11-14H2,1-2H3,(H,31,32,33)(H2,34,35,37,38);2-5,15,18H,6-14H2,1H3,(H,29,34)(H,30,31,32);2-6,9,12,14,18H,7-8,10-11,13H2,1H3,(H2,28,34)(H,30,31,32). The fraction of sp³-hybridized carbons (Fsp3) is 0.400. The number of carbonyl (C=O) groups excluding carboxylic acids is 4. The van der Waals surface area contributed by atoms with Crippen molar-refractivity contribution in [1.82, 2.24) is 50.8 Å². The average molecular weight is 1490 g/mol. The fourth-order valence-electron chi connectivity index (χ4n) is 12.4. The van der Waals surface area contributed by atoms with Gasteiger partial charge in [-0.15, -0.1) is 0 Å². The van der Waals surface area contributed by atoms with Gasteiger partial charge >= 0.3 is 12.2 Å². The van der Waals surface area contributed by atoms with Crippen molar-refractivity contribution in [2.24, 2.45) is 11.1 Å². The molecule has 2 saturated heterocycles. The number of amides is 5. The molecule has 0 spiro atoms. The molecule has 6 heterocycles. The van der Waals surface area contributed by atoms with Crippen LogP contribution in [-0.4, -0.2) is 104 Å². The second kappa shape index (κ2) is 32.9. The third-order valence-corrected chi connectivity index (χ3v) is 19.1. The molecule has 32 heteroatoms. The molecule has 566 valence electrons. The zero-order chi connectivity index (χ0) is 76.4. The lowest BCUT2D eigenvalue weighted by Gasteiger charge is -2.37. The number of hydrogen-bond acceptors (Lipinski definition) is 18. The number of urea groups is 1. The van der Waals surface area contributed by atoms with Crippen LogP contribution in [0.2, 0.25) is 0 Å². The van der Waals surface area contributed by atoms with E-state index in [0.29, 0.717) is 75.3 Å². The molecule has 0 radical (unpaired) electrons. The highest BCUT2D eigenvalue weighted by Crippen LogP contribution is 2.41. The first-order valence-corrected chi connectivity index (χ1v) is 34.8. The molecule has 1 unspecified atom stereocenters. The molecule has 3 aliphatic carbocycles. The van der Waals surface area contributed by atoms with Gasteiger partial charge in [0, 0.05) is 115 Å². The quantitative estimate of drug-likeness (QED) is 0.0177. The monoisotopic (exact) mass is 1490 g/mol. The minimum atomic E-state index is -4.41. The molecular formula is C75H81F10N17O5. The maximum atomic E-state index is 15.6. The van der Waals surface area contributed by atoms with E-state index >= 15 is 13.2 Å². The normalized spacial score (nSPS) is 16.9. The van der Waals surface area contributed by atoms with Gasteiger partial charge < -0.3 is 51.8 Å². The number of nitrogens with one attached hydrogen (secondary N) is 6. The largest absolute Gasteiger partial charge is 0.416 e. The third kappa shape index (κ3) is 20.2. The number of carbonyl (C=O) groups is 4. The molecule has 5 fully saturated rings. The molecule has 4 aromatic heterocycles. The van der Waals surface area contributed by atoms with Crippen molar-refractivity contribution in [3.05, 3.63) is 208 Å². The van der Waals surface area contributed by atoms with E-state index in [1.807, 2.05) is 21.9 Å². The summed E-state index contributed by atoms with van der Waals surface area (Å²) in [5.41, 5.74) is 7.77. The molecular weight excluding hydrogens is 1410 g/mol. The Hall–Kier alpha value is -10.8. The summed E-state index contributed by atoms with van der Waals surface area (Å²) in [4.78, 5) is 80.8. The number of aromatic nitrogens is 7. The molecule has 5 amide bonds. The molecule has 5 aliphatic rings. The van der Waals surface area contributed by atoms with Gasteiger partial charge in [-0.25, -0.2) is 43.5 Å². The first-order valence-electron chi connectivity index (χ1n) is 34.8. The summed E-state index contributed by atoms with van der Waals surface area (Å²) in [5, 5.41) is 16.6. The number of ether oxygens (including phenoxy) is 1. The van der Waals surface area contributed by atoms with Crippen LogP contribution in [0.4, 0.5) is 83.6 Å². The number of benzene rings is 4. The Morgan fingerprint density at radius 2 is 0.972 bits per heavy atom. The summed E-state index contributed by atoms with van der Waals surface area (Å²) in [7, 11) is 1.59. The molecule has 8 N–H and O–H groups in total. The van der Waals surface area contributed by atoms with Gasteiger partial charge in [0.1, 0.15) is 30.2 Å². The highest BCUT2D eigenvalue weighted by atomic mass is 19.4. The van der Waals surface area contributed by atoms with Crippen LogP contribution in [0.5, 0.6) is 0 Å². The first-order chi connectivity index (χ1) is 50.9. The van der Waals surface area contributed by atoms with Crippen molar-refractivity contribution in [2.45, 2.75) is 159 Å². The number of nitrogens with two attached hydrogens (primary N) is 1. The lowest BCUT2D eigenvalue weighted by molar-refractivity contribution is -0.137. The number of rotatable bonds is 28. The van der Waals surface area contributed by atoms with Crippen LogP contribution in [0.25, 0.3) is 0 Å². The van der Waals surface area contributed by atoms with Gasteiger partial charge in [-0.2, -0.15) is 35.1 Å². The van der Waals surface area contributed by atoms with Gasteiger partial charge in [-0.1, -0.05) is 91.0 Å². The Bertz CT molecular complexity index is 4410. The van der Waals surface area contributed by atoms with Gasteiger partial charge in [0.05, 0.1) is 12.0 Å². The van der Waals surface area contributed by atoms with E-state index in [1.54, 1.807) is 73.5 Å². The molecule has 2 aliphatic heterocycles. The summed E-state index contributed by atoms with van der Waals surface area (Å²) in [6.07, 6.45) is 7.89. The lowest BCUT2D eigenvalue weighted by atomic mass is 9.77. The Balaban J connectivity index is 0.000000160. The predicted molar refractivity (Wildman–Crippen MR) is 379 cm³/mol. The fourth-order valence-corrected chi connectivity index (χ4v) is 12.4. The third-order valence-electron chi connectivity index (χ3n) is 19.1. The Labute approximate surface area is 610 Å². The molecule has 3 saturated carbocycles. The number of hydrogen-bond donors (Lipinski definition) is 7. The minimum absolute atomic E-state index is 0.0378. The molecule has 107 heavy (non-hydrogen) atoms. The van der Waals surface area contributed by atoms with Crippen molar-refractivity contribution in [3.8, 4) is 0 Å². The van der Waals surface area contributed by atoms with E-state index in [2.05, 4.69) is 66.8 Å². The molecule has 13 rings (SSSR count). The Kier molecular flexibility index (Phi) is 23.8. The smallest absolute Gasteiger partial charge is 0.381 e. The zero-order valence-electron chi connectivity index (χ0n) is 59.0. The van der Waals surface area contributed by atoms with E-state index in [-0.39, 0.29) is 95.1 Å². The van der Waals surface area contributed by atoms with Crippen molar-refractivity contribution in [3.63, 3.8) is 0 Å². The SMILES string of the molecule is CC(F)(F)c1ccc(CN(c2ncnc(NCc3ccc(C4(C)NC(=O)NC4=O)cc3)c2F)C2CC2)cc1.CC(F)(F)c1ccc(CN(c2ncnc(NCc3ccc(CC(N)=O)cc3)c2F)C2CC2)cn1.CNC(=O)CC1(CNc2ncnc(N(Cc3ccc(C(F)(F)F)cc3)C3CC3)c2F)CCOCC1. The second-order valence-electron chi connectivity index (χ2n) is 27.6. The summed E-state index contributed by atoms with van der Waals surface area (Å²) in [6, 6.07) is 27.8. The van der Waals surface area contributed by atoms with Crippen molar-refractivity contribution < 1.29 is 67.8 Å². The van der Waals surface area contributed by atoms with E-state index in [0.717, 1.165) is 86.8 Å². The highest BCUT2D eigenvalue weighted by Gasteiger charge is 2.44. The average Bonchev–Trinajstić information content (AvgIpc) is 1.72. The Morgan fingerprint density at radius 1 is 0.551 bits per heavy atom. The molecule has 4 aromatic carbocycles. The van der Waals surface area contributed by atoms with Crippen LogP contribution < -0.4 is 52.3 Å². The van der Waals surface area contributed by atoms with E-state index < -0.39 is 64.4 Å². The maximum absolute atomic E-state index is 15.6. The van der Waals surface area contributed by atoms with Crippen LogP contribution in [-0.2, 0) is 81.8 Å².